The smallest absolute Gasteiger partial charge is 0.271 e. The number of anilines is 1. The van der Waals surface area contributed by atoms with E-state index in [-0.39, 0.29) is 12.5 Å². The molecule has 0 radical (unpaired) electrons. The van der Waals surface area contributed by atoms with E-state index in [4.69, 9.17) is 18.9 Å². The van der Waals surface area contributed by atoms with E-state index in [0.717, 1.165) is 5.56 Å². The third-order valence-electron chi connectivity index (χ3n) is 5.09. The summed E-state index contributed by atoms with van der Waals surface area (Å²) in [5.41, 5.74) is 5.24. The summed E-state index contributed by atoms with van der Waals surface area (Å²) in [5.74, 6) is 1.11. The van der Waals surface area contributed by atoms with Gasteiger partial charge in [0.05, 0.1) is 31.0 Å². The maximum absolute atomic E-state index is 12.5. The number of aryl methyl sites for hydroxylation is 1. The van der Waals surface area contributed by atoms with Gasteiger partial charge in [-0.15, -0.1) is 0 Å². The zero-order chi connectivity index (χ0) is 27.5. The van der Waals surface area contributed by atoms with Gasteiger partial charge >= 0.3 is 0 Å². The number of rotatable bonds is 12. The molecule has 2 amide bonds. The molecular weight excluding hydrogens is 554 g/mol. The summed E-state index contributed by atoms with van der Waals surface area (Å²) in [4.78, 5) is 24.9. The lowest BCUT2D eigenvalue weighted by Gasteiger charge is -2.14. The molecule has 0 saturated heterocycles. The predicted molar refractivity (Wildman–Crippen MR) is 150 cm³/mol. The lowest BCUT2D eigenvalue weighted by atomic mass is 10.2. The Labute approximate surface area is 230 Å². The summed E-state index contributed by atoms with van der Waals surface area (Å²) in [6.45, 7) is 6.32. The standard InChI is InChI=1S/C28H30BrN3O6/c1-5-36-23-11-10-20(15-24(23)35-4)28(34)32-30-16-19-13-22(29)27(25(14-19)37-6-2)38-17-26(33)31-21-9-7-8-18(3)12-21/h7-16H,5-6,17H2,1-4H3,(H,31,33)(H,32,34)/b30-16+. The van der Waals surface area contributed by atoms with Gasteiger partial charge in [0.25, 0.3) is 11.8 Å². The van der Waals surface area contributed by atoms with Crippen LogP contribution in [0.25, 0.3) is 0 Å². The molecule has 3 aromatic carbocycles. The molecule has 200 valence electrons. The first-order chi connectivity index (χ1) is 18.3. The summed E-state index contributed by atoms with van der Waals surface area (Å²) in [6, 6.07) is 15.8. The molecule has 0 unspecified atom stereocenters. The van der Waals surface area contributed by atoms with Crippen molar-refractivity contribution in [3.05, 3.63) is 75.8 Å². The van der Waals surface area contributed by atoms with Crippen LogP contribution in [0.5, 0.6) is 23.0 Å². The fourth-order valence-electron chi connectivity index (χ4n) is 3.44. The summed E-state index contributed by atoms with van der Waals surface area (Å²) >= 11 is 3.48. The Morgan fingerprint density at radius 2 is 1.71 bits per heavy atom. The summed E-state index contributed by atoms with van der Waals surface area (Å²) in [6.07, 6.45) is 1.48. The molecule has 9 nitrogen and oxygen atoms in total. The van der Waals surface area contributed by atoms with Crippen LogP contribution >= 0.6 is 15.9 Å². The van der Waals surface area contributed by atoms with Crippen molar-refractivity contribution in [1.82, 2.24) is 5.43 Å². The van der Waals surface area contributed by atoms with Gasteiger partial charge < -0.3 is 24.3 Å². The maximum atomic E-state index is 12.5. The highest BCUT2D eigenvalue weighted by molar-refractivity contribution is 9.10. The second-order valence-corrected chi connectivity index (χ2v) is 8.82. The molecule has 38 heavy (non-hydrogen) atoms. The topological polar surface area (TPSA) is 107 Å². The SMILES string of the molecule is CCOc1ccc(C(=O)N/N=C/c2cc(Br)c(OCC(=O)Nc3cccc(C)c3)c(OCC)c2)cc1OC. The molecule has 0 heterocycles. The van der Waals surface area contributed by atoms with Gasteiger partial charge in [-0.25, -0.2) is 5.43 Å². The molecule has 0 bridgehead atoms. The van der Waals surface area contributed by atoms with Crippen LogP contribution in [0.4, 0.5) is 5.69 Å². The van der Waals surface area contributed by atoms with Crippen molar-refractivity contribution in [2.75, 3.05) is 32.2 Å². The quantitative estimate of drug-likeness (QED) is 0.220. The summed E-state index contributed by atoms with van der Waals surface area (Å²) < 4.78 is 22.8. The summed E-state index contributed by atoms with van der Waals surface area (Å²) in [5, 5.41) is 6.86. The molecular formula is C28H30BrN3O6. The Hall–Kier alpha value is -4.05. The van der Waals surface area contributed by atoms with Crippen LogP contribution in [0.15, 0.2) is 64.2 Å². The second-order valence-electron chi connectivity index (χ2n) is 7.97. The van der Waals surface area contributed by atoms with Crippen molar-refractivity contribution in [2.24, 2.45) is 5.10 Å². The van der Waals surface area contributed by atoms with E-state index in [9.17, 15) is 9.59 Å². The first-order valence-corrected chi connectivity index (χ1v) is 12.7. The van der Waals surface area contributed by atoms with Gasteiger partial charge in [-0.3, -0.25) is 9.59 Å². The van der Waals surface area contributed by atoms with Gasteiger partial charge in [0.2, 0.25) is 0 Å². The predicted octanol–water partition coefficient (Wildman–Crippen LogP) is 5.34. The van der Waals surface area contributed by atoms with Gasteiger partial charge in [0.1, 0.15) is 0 Å². The van der Waals surface area contributed by atoms with Crippen molar-refractivity contribution < 1.29 is 28.5 Å². The largest absolute Gasteiger partial charge is 0.493 e. The third kappa shape index (κ3) is 7.97. The normalized spacial score (nSPS) is 10.7. The van der Waals surface area contributed by atoms with Gasteiger partial charge in [-0.05, 0) is 90.3 Å². The Balaban J connectivity index is 1.66. The Bertz CT molecular complexity index is 1310. The number of ether oxygens (including phenoxy) is 4. The third-order valence-corrected chi connectivity index (χ3v) is 5.68. The molecule has 0 aliphatic rings. The molecule has 0 fully saturated rings. The minimum Gasteiger partial charge on any atom is -0.493 e. The van der Waals surface area contributed by atoms with Gasteiger partial charge in [-0.2, -0.15) is 5.10 Å². The zero-order valence-corrected chi connectivity index (χ0v) is 23.3. The molecule has 3 aromatic rings. The van der Waals surface area contributed by atoms with E-state index < -0.39 is 5.91 Å². The fourth-order valence-corrected chi connectivity index (χ4v) is 4.01. The Morgan fingerprint density at radius 1 is 0.947 bits per heavy atom. The van der Waals surface area contributed by atoms with Crippen molar-refractivity contribution >= 4 is 39.6 Å². The molecule has 0 spiro atoms. The van der Waals surface area contributed by atoms with Crippen LogP contribution in [0.3, 0.4) is 0 Å². The monoisotopic (exact) mass is 583 g/mol. The number of nitrogens with one attached hydrogen (secondary N) is 2. The lowest BCUT2D eigenvalue weighted by molar-refractivity contribution is -0.118. The van der Waals surface area contributed by atoms with Crippen molar-refractivity contribution in [3.63, 3.8) is 0 Å². The molecule has 0 saturated carbocycles. The molecule has 0 aromatic heterocycles. The van der Waals surface area contributed by atoms with E-state index in [0.29, 0.717) is 57.5 Å². The van der Waals surface area contributed by atoms with Crippen LogP contribution in [0.1, 0.15) is 35.3 Å². The highest BCUT2D eigenvalue weighted by Crippen LogP contribution is 2.36. The van der Waals surface area contributed by atoms with Crippen LogP contribution in [0, 0.1) is 6.92 Å². The number of carbonyl (C=O) groups is 2. The number of hydrazone groups is 1. The number of hydrogen-bond acceptors (Lipinski definition) is 7. The fraction of sp³-hybridized carbons (Fsp3) is 0.250. The number of halogens is 1. The lowest BCUT2D eigenvalue weighted by Crippen LogP contribution is -2.20. The van der Waals surface area contributed by atoms with Gasteiger partial charge in [0, 0.05) is 11.3 Å². The zero-order valence-electron chi connectivity index (χ0n) is 21.7. The van der Waals surface area contributed by atoms with E-state index in [1.807, 2.05) is 45.0 Å². The van der Waals surface area contributed by atoms with Crippen molar-refractivity contribution in [1.29, 1.82) is 0 Å². The number of methoxy groups -OCH3 is 1. The van der Waals surface area contributed by atoms with E-state index in [1.54, 1.807) is 30.3 Å². The highest BCUT2D eigenvalue weighted by Gasteiger charge is 2.15. The number of hydrogen-bond donors (Lipinski definition) is 2. The van der Waals surface area contributed by atoms with Gasteiger partial charge in [-0.1, -0.05) is 12.1 Å². The molecule has 10 heteroatoms. The van der Waals surface area contributed by atoms with E-state index >= 15 is 0 Å². The van der Waals surface area contributed by atoms with Crippen molar-refractivity contribution in [2.45, 2.75) is 20.8 Å². The first-order valence-electron chi connectivity index (χ1n) is 11.9. The minimum absolute atomic E-state index is 0.207. The number of amides is 2. The molecule has 0 aliphatic carbocycles. The van der Waals surface area contributed by atoms with Crippen LogP contribution in [0.2, 0.25) is 0 Å². The number of benzene rings is 3. The van der Waals surface area contributed by atoms with E-state index in [1.165, 1.54) is 13.3 Å². The number of nitrogens with zero attached hydrogens (tertiary/aromatic N) is 1. The Morgan fingerprint density at radius 3 is 2.42 bits per heavy atom. The maximum Gasteiger partial charge on any atom is 0.271 e. The summed E-state index contributed by atoms with van der Waals surface area (Å²) in [7, 11) is 1.51. The van der Waals surface area contributed by atoms with Crippen LogP contribution in [-0.4, -0.2) is 45.0 Å². The average molecular weight is 584 g/mol. The first kappa shape index (κ1) is 28.5. The molecule has 0 aliphatic heterocycles. The van der Waals surface area contributed by atoms with Crippen LogP contribution < -0.4 is 29.7 Å². The second kappa shape index (κ2) is 14.0. The Kier molecular flexibility index (Phi) is 10.5. The van der Waals surface area contributed by atoms with Crippen molar-refractivity contribution in [3.8, 4) is 23.0 Å². The highest BCUT2D eigenvalue weighted by atomic mass is 79.9. The van der Waals surface area contributed by atoms with Crippen LogP contribution in [-0.2, 0) is 4.79 Å². The average Bonchev–Trinajstić information content (AvgIpc) is 2.88. The molecule has 0 atom stereocenters. The molecule has 3 rings (SSSR count). The minimum atomic E-state index is -0.411. The van der Waals surface area contributed by atoms with Gasteiger partial charge in [0.15, 0.2) is 29.6 Å². The van der Waals surface area contributed by atoms with E-state index in [2.05, 4.69) is 31.8 Å². The molecule has 2 N–H and O–H groups in total. The number of carbonyl (C=O) groups excluding carboxylic acids is 2.